The molecule has 0 fully saturated rings. The highest BCUT2D eigenvalue weighted by Gasteiger charge is 2.25. The van der Waals surface area contributed by atoms with Crippen molar-refractivity contribution in [3.63, 3.8) is 0 Å². The molecular formula is C20H23F2N3O5. The van der Waals surface area contributed by atoms with Crippen LogP contribution in [-0.2, 0) is 6.54 Å². The summed E-state index contributed by atoms with van der Waals surface area (Å²) in [5.41, 5.74) is 6.23. The predicted molar refractivity (Wildman–Crippen MR) is 107 cm³/mol. The average Bonchev–Trinajstić information content (AvgIpc) is 2.71. The second kappa shape index (κ2) is 9.86. The van der Waals surface area contributed by atoms with Crippen LogP contribution in [0, 0.1) is 10.1 Å². The quantitative estimate of drug-likeness (QED) is 0.455. The summed E-state index contributed by atoms with van der Waals surface area (Å²) in [5, 5.41) is 11.6. The Bertz CT molecular complexity index is 906. The van der Waals surface area contributed by atoms with E-state index in [0.29, 0.717) is 5.56 Å². The number of anilines is 1. The van der Waals surface area contributed by atoms with Crippen LogP contribution in [0.5, 0.6) is 11.5 Å². The molecule has 0 saturated heterocycles. The molecule has 0 aliphatic carbocycles. The molecular weight excluding hydrogens is 400 g/mol. The molecule has 162 valence electrons. The standard InChI is InChI=1S/C20H23F2N3O5/c1-4-12(2)24(15-7-5-13(6-8-15)19(23)26)11-14-9-17(29-3)18(30-20(21)22)10-16(14)25(27)28/h5-10,12,20H,4,11H2,1-3H3,(H2,23,26)/t12-/m0/s1. The second-order valence-corrected chi connectivity index (χ2v) is 6.56. The number of halogens is 2. The average molecular weight is 423 g/mol. The molecule has 30 heavy (non-hydrogen) atoms. The molecule has 2 N–H and O–H groups in total. The van der Waals surface area contributed by atoms with Crippen molar-refractivity contribution in [3.05, 3.63) is 57.6 Å². The van der Waals surface area contributed by atoms with E-state index in [1.54, 1.807) is 24.3 Å². The van der Waals surface area contributed by atoms with Crippen molar-refractivity contribution in [2.24, 2.45) is 5.73 Å². The van der Waals surface area contributed by atoms with Gasteiger partial charge in [-0.1, -0.05) is 6.92 Å². The summed E-state index contributed by atoms with van der Waals surface area (Å²) < 4.78 is 34.8. The molecule has 0 unspecified atom stereocenters. The first-order valence-electron chi connectivity index (χ1n) is 9.14. The number of nitrogens with zero attached hydrogens (tertiary/aromatic N) is 2. The van der Waals surface area contributed by atoms with E-state index in [2.05, 4.69) is 4.74 Å². The fraction of sp³-hybridized carbons (Fsp3) is 0.350. The number of carbonyl (C=O) groups excluding carboxylic acids is 1. The van der Waals surface area contributed by atoms with Gasteiger partial charge in [0.15, 0.2) is 11.5 Å². The minimum atomic E-state index is -3.15. The lowest BCUT2D eigenvalue weighted by Gasteiger charge is -2.31. The minimum Gasteiger partial charge on any atom is -0.493 e. The van der Waals surface area contributed by atoms with Gasteiger partial charge >= 0.3 is 6.61 Å². The number of primary amides is 1. The Kier molecular flexibility index (Phi) is 7.51. The van der Waals surface area contributed by atoms with Gasteiger partial charge in [0, 0.05) is 17.3 Å². The molecule has 0 spiro atoms. The van der Waals surface area contributed by atoms with Crippen LogP contribution in [0.2, 0.25) is 0 Å². The van der Waals surface area contributed by atoms with Crippen molar-refractivity contribution < 1.29 is 28.0 Å². The molecule has 2 aromatic rings. The van der Waals surface area contributed by atoms with Gasteiger partial charge in [0.1, 0.15) is 0 Å². The largest absolute Gasteiger partial charge is 0.493 e. The van der Waals surface area contributed by atoms with Crippen LogP contribution >= 0.6 is 0 Å². The molecule has 10 heteroatoms. The van der Waals surface area contributed by atoms with E-state index in [9.17, 15) is 23.7 Å². The molecule has 0 aliphatic rings. The van der Waals surface area contributed by atoms with E-state index >= 15 is 0 Å². The highest BCUT2D eigenvalue weighted by Crippen LogP contribution is 2.37. The molecule has 8 nitrogen and oxygen atoms in total. The van der Waals surface area contributed by atoms with Crippen molar-refractivity contribution in [3.8, 4) is 11.5 Å². The summed E-state index contributed by atoms with van der Waals surface area (Å²) in [7, 11) is 1.26. The number of nitrogens with two attached hydrogens (primary N) is 1. The Hall–Kier alpha value is -3.43. The van der Waals surface area contributed by atoms with Gasteiger partial charge in [0.05, 0.1) is 30.2 Å². The molecule has 0 saturated carbocycles. The smallest absolute Gasteiger partial charge is 0.387 e. The summed E-state index contributed by atoms with van der Waals surface area (Å²) >= 11 is 0. The fourth-order valence-electron chi connectivity index (χ4n) is 2.96. The zero-order chi connectivity index (χ0) is 22.4. The first-order chi connectivity index (χ1) is 14.2. The first-order valence-corrected chi connectivity index (χ1v) is 9.14. The molecule has 1 atom stereocenters. The maximum absolute atomic E-state index is 12.7. The number of nitro groups is 1. The van der Waals surface area contributed by atoms with Crippen molar-refractivity contribution >= 4 is 17.3 Å². The topological polar surface area (TPSA) is 108 Å². The van der Waals surface area contributed by atoms with Crippen molar-refractivity contribution in [1.29, 1.82) is 0 Å². The summed E-state index contributed by atoms with van der Waals surface area (Å²) in [6, 6.07) is 8.78. The van der Waals surface area contributed by atoms with Gasteiger partial charge in [0.25, 0.3) is 5.69 Å². The van der Waals surface area contributed by atoms with Gasteiger partial charge in [-0.3, -0.25) is 14.9 Å². The number of benzene rings is 2. The zero-order valence-electron chi connectivity index (χ0n) is 16.8. The van der Waals surface area contributed by atoms with Crippen LogP contribution in [0.25, 0.3) is 0 Å². The summed E-state index contributed by atoms with van der Waals surface area (Å²) in [5.74, 6) is -1.01. The third-order valence-corrected chi connectivity index (χ3v) is 4.72. The van der Waals surface area contributed by atoms with E-state index in [1.165, 1.54) is 13.2 Å². The van der Waals surface area contributed by atoms with E-state index in [4.69, 9.17) is 10.5 Å². The van der Waals surface area contributed by atoms with Crippen LogP contribution in [0.4, 0.5) is 20.2 Å². The van der Waals surface area contributed by atoms with Gasteiger partial charge in [-0.25, -0.2) is 0 Å². The minimum absolute atomic E-state index is 0.0213. The number of alkyl halides is 2. The van der Waals surface area contributed by atoms with Crippen LogP contribution < -0.4 is 20.1 Å². The van der Waals surface area contributed by atoms with Crippen molar-refractivity contribution in [2.75, 3.05) is 12.0 Å². The molecule has 0 heterocycles. The maximum Gasteiger partial charge on any atom is 0.387 e. The van der Waals surface area contributed by atoms with Crippen LogP contribution in [0.3, 0.4) is 0 Å². The van der Waals surface area contributed by atoms with Gasteiger partial charge in [-0.2, -0.15) is 8.78 Å². The van der Waals surface area contributed by atoms with Crippen LogP contribution in [0.15, 0.2) is 36.4 Å². The highest BCUT2D eigenvalue weighted by atomic mass is 19.3. The van der Waals surface area contributed by atoms with E-state index in [1.807, 2.05) is 18.7 Å². The first kappa shape index (κ1) is 22.9. The van der Waals surface area contributed by atoms with Gasteiger partial charge in [-0.05, 0) is 43.7 Å². The zero-order valence-corrected chi connectivity index (χ0v) is 16.8. The van der Waals surface area contributed by atoms with Crippen molar-refractivity contribution in [1.82, 2.24) is 0 Å². The fourth-order valence-corrected chi connectivity index (χ4v) is 2.96. The Labute approximate surface area is 172 Å². The number of hydrogen-bond acceptors (Lipinski definition) is 6. The number of amides is 1. The van der Waals surface area contributed by atoms with Gasteiger partial charge < -0.3 is 20.1 Å². The summed E-state index contributed by atoms with van der Waals surface area (Å²) in [6.45, 7) is 0.861. The lowest BCUT2D eigenvalue weighted by molar-refractivity contribution is -0.385. The third kappa shape index (κ3) is 5.34. The number of ether oxygens (including phenoxy) is 2. The highest BCUT2D eigenvalue weighted by molar-refractivity contribution is 5.93. The van der Waals surface area contributed by atoms with Gasteiger partial charge in [0.2, 0.25) is 5.91 Å². The third-order valence-electron chi connectivity index (χ3n) is 4.72. The molecule has 0 aromatic heterocycles. The van der Waals surface area contributed by atoms with E-state index in [-0.39, 0.29) is 29.6 Å². The Balaban J connectivity index is 2.50. The molecule has 0 aliphatic heterocycles. The van der Waals surface area contributed by atoms with Crippen LogP contribution in [-0.4, -0.2) is 30.6 Å². The van der Waals surface area contributed by atoms with E-state index < -0.39 is 23.2 Å². The number of hydrogen-bond donors (Lipinski definition) is 1. The second-order valence-electron chi connectivity index (χ2n) is 6.56. The Morgan fingerprint density at radius 2 is 1.87 bits per heavy atom. The van der Waals surface area contributed by atoms with Crippen molar-refractivity contribution in [2.45, 2.75) is 39.5 Å². The van der Waals surface area contributed by atoms with Gasteiger partial charge in [-0.15, -0.1) is 0 Å². The Morgan fingerprint density at radius 3 is 2.33 bits per heavy atom. The number of methoxy groups -OCH3 is 1. The molecule has 0 radical (unpaired) electrons. The predicted octanol–water partition coefficient (Wildman–Crippen LogP) is 4.11. The molecule has 1 amide bonds. The molecule has 2 aromatic carbocycles. The molecule has 0 bridgehead atoms. The van der Waals surface area contributed by atoms with Crippen LogP contribution in [0.1, 0.15) is 36.2 Å². The van der Waals surface area contributed by atoms with E-state index in [0.717, 1.165) is 18.2 Å². The normalized spacial score (nSPS) is 11.8. The molecule has 2 rings (SSSR count). The monoisotopic (exact) mass is 423 g/mol. The number of nitro benzene ring substituents is 1. The SMILES string of the molecule is CC[C@H](C)N(Cc1cc(OC)c(OC(F)F)cc1[N+](=O)[O-])c1ccc(C(N)=O)cc1. The summed E-state index contributed by atoms with van der Waals surface area (Å²) in [4.78, 5) is 24.2. The maximum atomic E-state index is 12.7. The summed E-state index contributed by atoms with van der Waals surface area (Å²) in [6.07, 6.45) is 0.731. The number of rotatable bonds is 10. The lowest BCUT2D eigenvalue weighted by Crippen LogP contribution is -2.32. The lowest BCUT2D eigenvalue weighted by atomic mass is 10.1. The number of carbonyl (C=O) groups is 1. The Morgan fingerprint density at radius 1 is 1.23 bits per heavy atom.